The van der Waals surface area contributed by atoms with E-state index in [1.165, 1.54) is 12.2 Å². The van der Waals surface area contributed by atoms with Crippen LogP contribution in [0.2, 0.25) is 0 Å². The molecule has 19 heavy (non-hydrogen) atoms. The molecule has 2 rings (SSSR count). The van der Waals surface area contributed by atoms with Crippen LogP contribution in [0, 0.1) is 17.8 Å². The van der Waals surface area contributed by atoms with Gasteiger partial charge in [0.15, 0.2) is 0 Å². The zero-order valence-corrected chi connectivity index (χ0v) is 11.9. The Labute approximate surface area is 117 Å². The molecule has 0 aromatic rings. The second kappa shape index (κ2) is 7.03. The minimum atomic E-state index is -0.729. The molecule has 2 fully saturated rings. The van der Waals surface area contributed by atoms with Crippen molar-refractivity contribution in [3.63, 3.8) is 0 Å². The minimum absolute atomic E-state index is 0.0882. The molecule has 5 nitrogen and oxygen atoms in total. The van der Waals surface area contributed by atoms with Gasteiger partial charge in [-0.3, -0.25) is 4.79 Å². The van der Waals surface area contributed by atoms with E-state index in [2.05, 4.69) is 10.6 Å². The Morgan fingerprint density at radius 1 is 1.16 bits per heavy atom. The summed E-state index contributed by atoms with van der Waals surface area (Å²) in [6, 6.07) is -0.159. The van der Waals surface area contributed by atoms with Crippen molar-refractivity contribution in [1.29, 1.82) is 0 Å². The Morgan fingerprint density at radius 2 is 1.95 bits per heavy atom. The second-order valence-electron chi connectivity index (χ2n) is 5.46. The van der Waals surface area contributed by atoms with Crippen LogP contribution in [0.5, 0.6) is 0 Å². The lowest BCUT2D eigenvalue weighted by atomic mass is 9.96. The SMILES string of the molecule is O=C(NCC1CCSC1)NCC1CCCC1C(=O)O. The van der Waals surface area contributed by atoms with Crippen LogP contribution < -0.4 is 10.6 Å². The van der Waals surface area contributed by atoms with Crippen LogP contribution in [-0.2, 0) is 4.79 Å². The van der Waals surface area contributed by atoms with Gasteiger partial charge in [-0.15, -0.1) is 0 Å². The highest BCUT2D eigenvalue weighted by Gasteiger charge is 2.32. The molecule has 0 radical (unpaired) electrons. The van der Waals surface area contributed by atoms with Gasteiger partial charge in [0.25, 0.3) is 0 Å². The van der Waals surface area contributed by atoms with E-state index in [4.69, 9.17) is 5.11 Å². The van der Waals surface area contributed by atoms with Crippen molar-refractivity contribution in [1.82, 2.24) is 10.6 Å². The third kappa shape index (κ3) is 4.30. The number of carbonyl (C=O) groups is 2. The van der Waals surface area contributed by atoms with Crippen molar-refractivity contribution >= 4 is 23.8 Å². The van der Waals surface area contributed by atoms with Crippen LogP contribution in [0.25, 0.3) is 0 Å². The van der Waals surface area contributed by atoms with Gasteiger partial charge in [0.05, 0.1) is 5.92 Å². The maximum Gasteiger partial charge on any atom is 0.314 e. The number of nitrogens with one attached hydrogen (secondary N) is 2. The van der Waals surface area contributed by atoms with Gasteiger partial charge >= 0.3 is 12.0 Å². The number of amides is 2. The van der Waals surface area contributed by atoms with E-state index in [0.29, 0.717) is 12.5 Å². The molecule has 0 aromatic carbocycles. The number of rotatable bonds is 5. The Kier molecular flexibility index (Phi) is 5.36. The van der Waals surface area contributed by atoms with E-state index < -0.39 is 5.97 Å². The molecule has 1 aliphatic heterocycles. The number of hydrogen-bond donors (Lipinski definition) is 3. The molecule has 3 N–H and O–H groups in total. The van der Waals surface area contributed by atoms with Crippen molar-refractivity contribution in [2.75, 3.05) is 24.6 Å². The van der Waals surface area contributed by atoms with E-state index in [9.17, 15) is 9.59 Å². The number of urea groups is 1. The highest BCUT2D eigenvalue weighted by Crippen LogP contribution is 2.31. The quantitative estimate of drug-likeness (QED) is 0.716. The zero-order chi connectivity index (χ0) is 13.7. The normalized spacial score (nSPS) is 30.2. The van der Waals surface area contributed by atoms with Gasteiger partial charge in [-0.25, -0.2) is 4.79 Å². The summed E-state index contributed by atoms with van der Waals surface area (Å²) in [4.78, 5) is 22.7. The lowest BCUT2D eigenvalue weighted by Gasteiger charge is -2.17. The first-order valence-electron chi connectivity index (χ1n) is 6.99. The lowest BCUT2D eigenvalue weighted by molar-refractivity contribution is -0.142. The molecule has 2 aliphatic rings. The Bertz CT molecular complexity index is 332. The average molecular weight is 286 g/mol. The molecule has 108 valence electrons. The van der Waals surface area contributed by atoms with Gasteiger partial charge in [0, 0.05) is 13.1 Å². The van der Waals surface area contributed by atoms with Crippen molar-refractivity contribution in [2.24, 2.45) is 17.8 Å². The molecular weight excluding hydrogens is 264 g/mol. The monoisotopic (exact) mass is 286 g/mol. The first-order chi connectivity index (χ1) is 9.16. The standard InChI is InChI=1S/C13H22N2O3S/c16-12(17)11-3-1-2-10(11)7-15-13(18)14-6-9-4-5-19-8-9/h9-11H,1-8H2,(H,16,17)(H2,14,15,18). The third-order valence-electron chi connectivity index (χ3n) is 4.08. The Hall–Kier alpha value is -0.910. The summed E-state index contributed by atoms with van der Waals surface area (Å²) in [6.07, 6.45) is 3.76. The molecule has 3 atom stereocenters. The van der Waals surface area contributed by atoms with E-state index in [0.717, 1.165) is 31.6 Å². The maximum absolute atomic E-state index is 11.7. The predicted octanol–water partition coefficient (Wildman–Crippen LogP) is 1.54. The fourth-order valence-corrected chi connectivity index (χ4v) is 4.16. The van der Waals surface area contributed by atoms with Crippen LogP contribution in [0.3, 0.4) is 0 Å². The molecule has 0 bridgehead atoms. The van der Waals surface area contributed by atoms with E-state index in [1.807, 2.05) is 11.8 Å². The van der Waals surface area contributed by atoms with Crippen LogP contribution in [0.15, 0.2) is 0 Å². The van der Waals surface area contributed by atoms with Gasteiger partial charge in [-0.05, 0) is 42.6 Å². The summed E-state index contributed by atoms with van der Waals surface area (Å²) >= 11 is 1.93. The highest BCUT2D eigenvalue weighted by atomic mass is 32.2. The lowest BCUT2D eigenvalue weighted by Crippen LogP contribution is -2.41. The molecule has 6 heteroatoms. The summed E-state index contributed by atoms with van der Waals surface area (Å²) < 4.78 is 0. The van der Waals surface area contributed by atoms with Gasteiger partial charge < -0.3 is 15.7 Å². The van der Waals surface area contributed by atoms with E-state index in [1.54, 1.807) is 0 Å². The van der Waals surface area contributed by atoms with Gasteiger partial charge in [-0.1, -0.05) is 6.42 Å². The summed E-state index contributed by atoms with van der Waals surface area (Å²) in [5, 5.41) is 14.8. The molecule has 2 amide bonds. The average Bonchev–Trinajstić information content (AvgIpc) is 3.04. The molecular formula is C13H22N2O3S. The van der Waals surface area contributed by atoms with Crippen LogP contribution in [0.4, 0.5) is 4.79 Å². The van der Waals surface area contributed by atoms with E-state index >= 15 is 0 Å². The summed E-state index contributed by atoms with van der Waals surface area (Å²) in [6.45, 7) is 1.20. The van der Waals surface area contributed by atoms with Crippen LogP contribution in [-0.4, -0.2) is 41.7 Å². The first-order valence-corrected chi connectivity index (χ1v) is 8.14. The number of carbonyl (C=O) groups excluding carboxylic acids is 1. The van der Waals surface area contributed by atoms with Gasteiger partial charge in [-0.2, -0.15) is 11.8 Å². The van der Waals surface area contributed by atoms with Crippen molar-refractivity contribution in [3.05, 3.63) is 0 Å². The number of carboxylic acid groups (broad SMARTS) is 1. The number of hydrogen-bond acceptors (Lipinski definition) is 3. The minimum Gasteiger partial charge on any atom is -0.481 e. The zero-order valence-electron chi connectivity index (χ0n) is 11.1. The molecule has 1 saturated carbocycles. The number of aliphatic carboxylic acids is 1. The fraction of sp³-hybridized carbons (Fsp3) is 0.846. The second-order valence-corrected chi connectivity index (χ2v) is 6.61. The molecule has 3 unspecified atom stereocenters. The smallest absolute Gasteiger partial charge is 0.314 e. The van der Waals surface area contributed by atoms with Gasteiger partial charge in [0.1, 0.15) is 0 Å². The molecule has 0 aromatic heterocycles. The number of thioether (sulfide) groups is 1. The molecule has 1 heterocycles. The van der Waals surface area contributed by atoms with Crippen molar-refractivity contribution in [2.45, 2.75) is 25.7 Å². The van der Waals surface area contributed by atoms with Crippen molar-refractivity contribution < 1.29 is 14.7 Å². The maximum atomic E-state index is 11.7. The third-order valence-corrected chi connectivity index (χ3v) is 5.31. The highest BCUT2D eigenvalue weighted by molar-refractivity contribution is 7.99. The molecule has 1 aliphatic carbocycles. The first kappa shape index (κ1) is 14.5. The fourth-order valence-electron chi connectivity index (χ4n) is 2.87. The van der Waals surface area contributed by atoms with Gasteiger partial charge in [0.2, 0.25) is 0 Å². The van der Waals surface area contributed by atoms with E-state index in [-0.39, 0.29) is 17.9 Å². The molecule has 0 spiro atoms. The predicted molar refractivity (Wildman–Crippen MR) is 75.3 cm³/mol. The summed E-state index contributed by atoms with van der Waals surface area (Å²) in [5.41, 5.74) is 0. The largest absolute Gasteiger partial charge is 0.481 e. The van der Waals surface area contributed by atoms with Crippen LogP contribution in [0.1, 0.15) is 25.7 Å². The van der Waals surface area contributed by atoms with Crippen molar-refractivity contribution in [3.8, 4) is 0 Å². The Morgan fingerprint density at radius 3 is 2.63 bits per heavy atom. The summed E-state index contributed by atoms with van der Waals surface area (Å²) in [7, 11) is 0. The number of carboxylic acids is 1. The molecule has 1 saturated heterocycles. The summed E-state index contributed by atoms with van der Waals surface area (Å²) in [5.74, 6) is 1.99. The Balaban J connectivity index is 1.64. The topological polar surface area (TPSA) is 78.4 Å². The van der Waals surface area contributed by atoms with Crippen LogP contribution >= 0.6 is 11.8 Å².